The number of halogens is 1. The minimum Gasteiger partial charge on any atom is -0.352 e. The van der Waals surface area contributed by atoms with Gasteiger partial charge in [-0.1, -0.05) is 97.6 Å². The second-order valence-corrected chi connectivity index (χ2v) is 12.6. The third kappa shape index (κ3) is 8.32. The van der Waals surface area contributed by atoms with Gasteiger partial charge in [0.25, 0.3) is 0 Å². The van der Waals surface area contributed by atoms with Crippen molar-refractivity contribution in [2.75, 3.05) is 17.1 Å². The smallest absolute Gasteiger partial charge is 0.244 e. The molecule has 0 saturated heterocycles. The molecule has 2 amide bonds. The van der Waals surface area contributed by atoms with Gasteiger partial charge in [-0.25, -0.2) is 8.42 Å². The second-order valence-electron chi connectivity index (χ2n) is 10.3. The van der Waals surface area contributed by atoms with Gasteiger partial charge in [-0.3, -0.25) is 13.9 Å². The van der Waals surface area contributed by atoms with Gasteiger partial charge < -0.3 is 10.2 Å². The molecule has 40 heavy (non-hydrogen) atoms. The molecule has 3 aromatic rings. The minimum absolute atomic E-state index is 0.0622. The van der Waals surface area contributed by atoms with Crippen LogP contribution in [-0.4, -0.2) is 50.0 Å². The van der Waals surface area contributed by atoms with Gasteiger partial charge in [-0.05, 0) is 42.2 Å². The third-order valence-corrected chi connectivity index (χ3v) is 8.57. The van der Waals surface area contributed by atoms with Crippen molar-refractivity contribution >= 4 is 39.1 Å². The molecule has 1 aliphatic rings. The maximum Gasteiger partial charge on any atom is 0.244 e. The number of sulfonamides is 1. The van der Waals surface area contributed by atoms with Crippen molar-refractivity contribution in [1.82, 2.24) is 10.2 Å². The first kappa shape index (κ1) is 29.6. The van der Waals surface area contributed by atoms with Crippen molar-refractivity contribution in [2.24, 2.45) is 0 Å². The highest BCUT2D eigenvalue weighted by atomic mass is 35.5. The number of nitrogens with one attached hydrogen (secondary N) is 1. The maximum absolute atomic E-state index is 14.1. The number of nitrogens with zero attached hydrogens (tertiary/aromatic N) is 2. The van der Waals surface area contributed by atoms with Gasteiger partial charge in [0.1, 0.15) is 12.6 Å². The largest absolute Gasteiger partial charge is 0.352 e. The fourth-order valence-corrected chi connectivity index (χ4v) is 6.15. The molecule has 1 aliphatic carbocycles. The van der Waals surface area contributed by atoms with E-state index in [4.69, 9.17) is 11.6 Å². The lowest BCUT2D eigenvalue weighted by Gasteiger charge is -2.35. The quantitative estimate of drug-likeness (QED) is 0.337. The van der Waals surface area contributed by atoms with Crippen LogP contribution in [0.2, 0.25) is 5.02 Å². The molecule has 0 heterocycles. The van der Waals surface area contributed by atoms with Crippen molar-refractivity contribution in [3.63, 3.8) is 0 Å². The summed E-state index contributed by atoms with van der Waals surface area (Å²) < 4.78 is 26.7. The molecule has 212 valence electrons. The summed E-state index contributed by atoms with van der Waals surface area (Å²) in [5.41, 5.74) is 2.04. The fraction of sp³-hybridized carbons (Fsp3) is 0.355. The molecule has 0 aromatic heterocycles. The number of carbonyl (C=O) groups excluding carboxylic acids is 2. The van der Waals surface area contributed by atoms with Gasteiger partial charge in [-0.2, -0.15) is 0 Å². The first-order valence-corrected chi connectivity index (χ1v) is 15.8. The molecule has 1 unspecified atom stereocenters. The van der Waals surface area contributed by atoms with Gasteiger partial charge >= 0.3 is 0 Å². The van der Waals surface area contributed by atoms with Crippen LogP contribution < -0.4 is 9.62 Å². The van der Waals surface area contributed by atoms with Crippen molar-refractivity contribution in [1.29, 1.82) is 0 Å². The molecule has 1 N–H and O–H groups in total. The summed E-state index contributed by atoms with van der Waals surface area (Å²) in [6, 6.07) is 24.6. The number of hydrogen-bond donors (Lipinski definition) is 1. The summed E-state index contributed by atoms with van der Waals surface area (Å²) in [4.78, 5) is 29.5. The van der Waals surface area contributed by atoms with Crippen LogP contribution in [0.1, 0.15) is 43.2 Å². The molecule has 1 atom stereocenters. The fourth-order valence-electron chi connectivity index (χ4n) is 5.12. The average molecular weight is 582 g/mol. The number of hydrogen-bond acceptors (Lipinski definition) is 4. The van der Waals surface area contributed by atoms with Crippen LogP contribution in [0.5, 0.6) is 0 Å². The Morgan fingerprint density at radius 2 is 1.52 bits per heavy atom. The van der Waals surface area contributed by atoms with E-state index < -0.39 is 28.5 Å². The van der Waals surface area contributed by atoms with Gasteiger partial charge in [0.2, 0.25) is 21.8 Å². The molecule has 9 heteroatoms. The molecule has 1 saturated carbocycles. The Bertz CT molecular complexity index is 1380. The average Bonchev–Trinajstić information content (AvgIpc) is 2.94. The molecule has 4 rings (SSSR count). The van der Waals surface area contributed by atoms with E-state index in [0.717, 1.165) is 53.8 Å². The van der Waals surface area contributed by atoms with Crippen LogP contribution in [0.4, 0.5) is 5.69 Å². The van der Waals surface area contributed by atoms with Crippen molar-refractivity contribution in [3.05, 3.63) is 101 Å². The lowest BCUT2D eigenvalue weighted by molar-refractivity contribution is -0.140. The topological polar surface area (TPSA) is 86.8 Å². The minimum atomic E-state index is -3.84. The molecular formula is C31H36ClN3O4S. The monoisotopic (exact) mass is 581 g/mol. The van der Waals surface area contributed by atoms with E-state index in [2.05, 4.69) is 5.32 Å². The summed E-state index contributed by atoms with van der Waals surface area (Å²) in [5.74, 6) is -0.706. The highest BCUT2D eigenvalue weighted by molar-refractivity contribution is 7.92. The lowest BCUT2D eigenvalue weighted by atomic mass is 9.94. The zero-order valence-electron chi connectivity index (χ0n) is 22.7. The summed E-state index contributed by atoms with van der Waals surface area (Å²) in [6.45, 7) is -0.309. The zero-order chi connectivity index (χ0) is 28.5. The summed E-state index contributed by atoms with van der Waals surface area (Å²) in [7, 11) is -3.84. The normalized spacial score (nSPS) is 14.8. The number of rotatable bonds is 11. The standard InChI is InChI=1S/C31H36ClN3O4S/c1-40(38,39)35(28-19-11-16-26(32)21-28)23-30(36)34(22-25-14-7-3-8-15-25)29(20-24-12-5-2-6-13-24)31(37)33-27-17-9-4-10-18-27/h2-3,5-8,11-16,19,21,27,29H,4,9-10,17-18,20,22-23H2,1H3,(H,33,37). The molecule has 3 aromatic carbocycles. The van der Waals surface area contributed by atoms with E-state index in [-0.39, 0.29) is 24.2 Å². The van der Waals surface area contributed by atoms with E-state index in [1.807, 2.05) is 60.7 Å². The van der Waals surface area contributed by atoms with Crippen molar-refractivity contribution in [3.8, 4) is 0 Å². The van der Waals surface area contributed by atoms with Crippen molar-refractivity contribution < 1.29 is 18.0 Å². The van der Waals surface area contributed by atoms with E-state index in [9.17, 15) is 18.0 Å². The number of anilines is 1. The van der Waals surface area contributed by atoms with Gasteiger partial charge in [0.05, 0.1) is 11.9 Å². The number of benzene rings is 3. The van der Waals surface area contributed by atoms with Crippen LogP contribution in [0, 0.1) is 0 Å². The van der Waals surface area contributed by atoms with Crippen LogP contribution in [0.15, 0.2) is 84.9 Å². The van der Waals surface area contributed by atoms with Crippen molar-refractivity contribution in [2.45, 2.75) is 57.2 Å². The predicted molar refractivity (Wildman–Crippen MR) is 160 cm³/mol. The molecule has 0 bridgehead atoms. The number of carbonyl (C=O) groups is 2. The summed E-state index contributed by atoms with van der Waals surface area (Å²) >= 11 is 6.15. The van der Waals surface area contributed by atoms with Gasteiger partial charge in [0, 0.05) is 24.0 Å². The van der Waals surface area contributed by atoms with E-state index in [1.165, 1.54) is 11.0 Å². The Labute approximate surface area is 242 Å². The van der Waals surface area contributed by atoms with E-state index in [1.54, 1.807) is 18.2 Å². The first-order valence-electron chi connectivity index (χ1n) is 13.6. The van der Waals surface area contributed by atoms with Crippen LogP contribution >= 0.6 is 11.6 Å². The summed E-state index contributed by atoms with van der Waals surface area (Å²) in [5, 5.41) is 3.56. The van der Waals surface area contributed by atoms with Crippen LogP contribution in [-0.2, 0) is 32.6 Å². The Balaban J connectivity index is 1.70. The Morgan fingerprint density at radius 1 is 0.900 bits per heavy atom. The lowest BCUT2D eigenvalue weighted by Crippen LogP contribution is -2.55. The molecule has 0 spiro atoms. The SMILES string of the molecule is CS(=O)(=O)N(CC(=O)N(Cc1ccccc1)C(Cc1ccccc1)C(=O)NC1CCCCC1)c1cccc(Cl)c1. The van der Waals surface area contributed by atoms with Crippen LogP contribution in [0.3, 0.4) is 0 Å². The third-order valence-electron chi connectivity index (χ3n) is 7.19. The van der Waals surface area contributed by atoms with Gasteiger partial charge in [0.15, 0.2) is 0 Å². The highest BCUT2D eigenvalue weighted by Gasteiger charge is 2.34. The molecule has 0 radical (unpaired) electrons. The predicted octanol–water partition coefficient (Wildman–Crippen LogP) is 5.20. The van der Waals surface area contributed by atoms with E-state index in [0.29, 0.717) is 11.4 Å². The van der Waals surface area contributed by atoms with Crippen LogP contribution in [0.25, 0.3) is 0 Å². The van der Waals surface area contributed by atoms with E-state index >= 15 is 0 Å². The first-order chi connectivity index (χ1) is 19.2. The number of amides is 2. The Kier molecular flexibility index (Phi) is 10.2. The molecule has 1 fully saturated rings. The second kappa shape index (κ2) is 13.8. The molecule has 7 nitrogen and oxygen atoms in total. The zero-order valence-corrected chi connectivity index (χ0v) is 24.3. The Morgan fingerprint density at radius 3 is 2.12 bits per heavy atom. The summed E-state index contributed by atoms with van der Waals surface area (Å²) in [6.07, 6.45) is 6.45. The maximum atomic E-state index is 14.1. The highest BCUT2D eigenvalue weighted by Crippen LogP contribution is 2.24. The Hall–Kier alpha value is -3.36. The van der Waals surface area contributed by atoms with Gasteiger partial charge in [-0.15, -0.1) is 0 Å². The molecule has 0 aliphatic heterocycles. The molecular weight excluding hydrogens is 546 g/mol.